The lowest BCUT2D eigenvalue weighted by atomic mass is 9.89. The Morgan fingerprint density at radius 3 is 2.46 bits per heavy atom. The Kier molecular flexibility index (Phi) is 6.33. The fourth-order valence-electron chi connectivity index (χ4n) is 3.18. The predicted octanol–water partition coefficient (Wildman–Crippen LogP) is 2.97. The molecule has 3 rings (SSSR count). The molecule has 2 atom stereocenters. The Bertz CT molecular complexity index is 831. The van der Waals surface area contributed by atoms with Gasteiger partial charge in [0.1, 0.15) is 5.54 Å². The van der Waals surface area contributed by atoms with E-state index >= 15 is 0 Å². The molecule has 0 saturated carbocycles. The number of halogens is 1. The van der Waals surface area contributed by atoms with Crippen LogP contribution in [0.25, 0.3) is 0 Å². The molecule has 0 spiro atoms. The van der Waals surface area contributed by atoms with Gasteiger partial charge in [-0.1, -0.05) is 53.2 Å². The lowest BCUT2D eigenvalue weighted by Crippen LogP contribution is -2.53. The number of rotatable bonds is 8. The number of urea groups is 1. The van der Waals surface area contributed by atoms with Gasteiger partial charge in [-0.15, -0.1) is 0 Å². The number of amides is 3. The molecule has 8 heteroatoms. The molecule has 3 amide bonds. The normalized spacial score (nSPS) is 20.2. The van der Waals surface area contributed by atoms with E-state index in [4.69, 9.17) is 0 Å². The fraction of sp³-hybridized carbons (Fsp3) is 0.300. The van der Waals surface area contributed by atoms with Crippen LogP contribution in [-0.4, -0.2) is 33.9 Å². The van der Waals surface area contributed by atoms with Crippen LogP contribution in [-0.2, 0) is 11.2 Å². The number of nitrogens with one attached hydrogen (secondary N) is 3. The van der Waals surface area contributed by atoms with Crippen molar-refractivity contribution in [2.24, 2.45) is 0 Å². The van der Waals surface area contributed by atoms with Crippen LogP contribution in [0.4, 0.5) is 10.5 Å². The Morgan fingerprint density at radius 2 is 1.82 bits per heavy atom. The number of hydrogen-bond acceptors (Lipinski definition) is 5. The van der Waals surface area contributed by atoms with Gasteiger partial charge in [-0.25, -0.2) is 4.79 Å². The Labute approximate surface area is 172 Å². The highest BCUT2D eigenvalue weighted by atomic mass is 79.9. The van der Waals surface area contributed by atoms with Crippen molar-refractivity contribution in [3.05, 3.63) is 64.6 Å². The van der Waals surface area contributed by atoms with Crippen LogP contribution < -0.4 is 16.1 Å². The van der Waals surface area contributed by atoms with E-state index in [1.165, 1.54) is 0 Å². The highest BCUT2D eigenvalue weighted by Crippen LogP contribution is 2.26. The third-order valence-corrected chi connectivity index (χ3v) is 5.38. The summed E-state index contributed by atoms with van der Waals surface area (Å²) in [5, 5.41) is 16.6. The van der Waals surface area contributed by atoms with Crippen LogP contribution in [0.5, 0.6) is 0 Å². The summed E-state index contributed by atoms with van der Waals surface area (Å²) in [6.07, 6.45) is 0.289. The maximum Gasteiger partial charge on any atom is 0.339 e. The molecule has 2 aromatic rings. The molecule has 1 saturated heterocycles. The van der Waals surface area contributed by atoms with Crippen LogP contribution in [0.3, 0.4) is 0 Å². The van der Waals surface area contributed by atoms with E-state index in [1.807, 2.05) is 49.4 Å². The van der Waals surface area contributed by atoms with Gasteiger partial charge in [-0.3, -0.25) is 4.79 Å². The Hall–Kier alpha value is -2.42. The van der Waals surface area contributed by atoms with E-state index in [0.717, 1.165) is 15.0 Å². The zero-order chi connectivity index (χ0) is 20.1. The van der Waals surface area contributed by atoms with Crippen molar-refractivity contribution in [2.45, 2.75) is 38.1 Å². The zero-order valence-electron chi connectivity index (χ0n) is 15.5. The maximum atomic E-state index is 13.0. The van der Waals surface area contributed by atoms with Crippen molar-refractivity contribution < 1.29 is 14.7 Å². The number of nitrogens with zero attached hydrogens (tertiary/aromatic N) is 1. The number of aliphatic hydroxyl groups is 1. The van der Waals surface area contributed by atoms with E-state index in [9.17, 15) is 14.7 Å². The molecule has 2 aromatic carbocycles. The number of benzene rings is 2. The molecule has 2 unspecified atom stereocenters. The number of hydrogen-bond donors (Lipinski definition) is 4. The van der Waals surface area contributed by atoms with E-state index < -0.39 is 23.8 Å². The number of aliphatic hydroxyl groups excluding tert-OH is 1. The van der Waals surface area contributed by atoms with Crippen LogP contribution in [0.15, 0.2) is 59.1 Å². The highest BCUT2D eigenvalue weighted by Gasteiger charge is 2.50. The van der Waals surface area contributed by atoms with Gasteiger partial charge in [-0.2, -0.15) is 10.4 Å². The van der Waals surface area contributed by atoms with E-state index in [2.05, 4.69) is 32.0 Å². The third-order valence-electron chi connectivity index (χ3n) is 4.85. The first-order valence-corrected chi connectivity index (χ1v) is 9.90. The second-order valence-electron chi connectivity index (χ2n) is 6.67. The summed E-state index contributed by atoms with van der Waals surface area (Å²) >= 11 is 3.34. The highest BCUT2D eigenvalue weighted by molar-refractivity contribution is 9.10. The Morgan fingerprint density at radius 1 is 1.14 bits per heavy atom. The second-order valence-corrected chi connectivity index (χ2v) is 7.59. The average molecular weight is 447 g/mol. The SMILES string of the molecule is CCC1(CCc2ccccc2)NC(=O)N(NC(O)Nc2ccc(Br)cc2)C1=O. The quantitative estimate of drug-likeness (QED) is 0.369. The van der Waals surface area contributed by atoms with Crippen molar-refractivity contribution in [2.75, 3.05) is 5.32 Å². The average Bonchev–Trinajstić information content (AvgIpc) is 2.93. The van der Waals surface area contributed by atoms with Crippen LogP contribution in [0.2, 0.25) is 0 Å². The van der Waals surface area contributed by atoms with Gasteiger partial charge in [-0.05, 0) is 49.1 Å². The molecule has 1 fully saturated rings. The van der Waals surface area contributed by atoms with Crippen molar-refractivity contribution in [1.82, 2.24) is 15.8 Å². The number of aryl methyl sites for hydroxylation is 1. The fourth-order valence-corrected chi connectivity index (χ4v) is 3.45. The molecule has 148 valence electrons. The molecular weight excluding hydrogens is 424 g/mol. The van der Waals surface area contributed by atoms with Crippen LogP contribution in [0, 0.1) is 0 Å². The summed E-state index contributed by atoms with van der Waals surface area (Å²) in [6.45, 7) is 1.86. The van der Waals surface area contributed by atoms with Gasteiger partial charge in [0.15, 0.2) is 6.35 Å². The smallest absolute Gasteiger partial charge is 0.339 e. The van der Waals surface area contributed by atoms with Gasteiger partial charge >= 0.3 is 6.03 Å². The van der Waals surface area contributed by atoms with Gasteiger partial charge in [0.2, 0.25) is 0 Å². The summed E-state index contributed by atoms with van der Waals surface area (Å²) in [5.41, 5.74) is 3.28. The lowest BCUT2D eigenvalue weighted by molar-refractivity contribution is -0.135. The molecule has 0 aromatic heterocycles. The summed E-state index contributed by atoms with van der Waals surface area (Å²) < 4.78 is 0.903. The minimum atomic E-state index is -1.31. The molecular formula is C20H23BrN4O3. The molecule has 0 radical (unpaired) electrons. The minimum absolute atomic E-state index is 0.396. The number of anilines is 1. The summed E-state index contributed by atoms with van der Waals surface area (Å²) in [7, 11) is 0. The monoisotopic (exact) mass is 446 g/mol. The molecule has 1 heterocycles. The number of carbonyl (C=O) groups excluding carboxylic acids is 2. The molecule has 7 nitrogen and oxygen atoms in total. The van der Waals surface area contributed by atoms with E-state index in [0.29, 0.717) is 24.9 Å². The molecule has 1 aliphatic heterocycles. The lowest BCUT2D eigenvalue weighted by Gasteiger charge is -2.26. The van der Waals surface area contributed by atoms with Gasteiger partial charge in [0.25, 0.3) is 5.91 Å². The first-order valence-electron chi connectivity index (χ1n) is 9.10. The zero-order valence-corrected chi connectivity index (χ0v) is 17.1. The van der Waals surface area contributed by atoms with Gasteiger partial charge < -0.3 is 15.7 Å². The topological polar surface area (TPSA) is 93.7 Å². The molecule has 4 N–H and O–H groups in total. The number of imide groups is 1. The Balaban J connectivity index is 1.64. The minimum Gasteiger partial charge on any atom is -0.360 e. The van der Waals surface area contributed by atoms with E-state index in [-0.39, 0.29) is 0 Å². The molecule has 28 heavy (non-hydrogen) atoms. The second kappa shape index (κ2) is 8.72. The van der Waals surface area contributed by atoms with Crippen molar-refractivity contribution in [3.8, 4) is 0 Å². The van der Waals surface area contributed by atoms with Crippen LogP contribution >= 0.6 is 15.9 Å². The van der Waals surface area contributed by atoms with E-state index in [1.54, 1.807) is 12.1 Å². The summed E-state index contributed by atoms with van der Waals surface area (Å²) in [5.74, 6) is -0.396. The van der Waals surface area contributed by atoms with Gasteiger partial charge in [0, 0.05) is 10.2 Å². The molecule has 1 aliphatic rings. The maximum absolute atomic E-state index is 13.0. The number of hydrazine groups is 1. The molecule has 0 aliphatic carbocycles. The largest absolute Gasteiger partial charge is 0.360 e. The van der Waals surface area contributed by atoms with Crippen molar-refractivity contribution in [3.63, 3.8) is 0 Å². The van der Waals surface area contributed by atoms with Crippen LogP contribution in [0.1, 0.15) is 25.3 Å². The first-order chi connectivity index (χ1) is 13.4. The predicted molar refractivity (Wildman–Crippen MR) is 110 cm³/mol. The third kappa shape index (κ3) is 4.52. The molecule has 0 bridgehead atoms. The number of carbonyl (C=O) groups is 2. The van der Waals surface area contributed by atoms with Crippen molar-refractivity contribution >= 4 is 33.6 Å². The summed E-state index contributed by atoms with van der Waals surface area (Å²) in [4.78, 5) is 25.3. The summed E-state index contributed by atoms with van der Waals surface area (Å²) in [6, 6.07) is 16.4. The standard InChI is InChI=1S/C20H23BrN4O3/c1-2-20(13-12-14-6-4-3-5-7-14)17(26)25(19(28)23-20)24-18(27)22-16-10-8-15(21)9-11-16/h3-11,18,22,24,27H,2,12-13H2,1H3,(H,23,28). The van der Waals surface area contributed by atoms with Crippen molar-refractivity contribution in [1.29, 1.82) is 0 Å². The van der Waals surface area contributed by atoms with Gasteiger partial charge in [0.05, 0.1) is 0 Å². The first kappa shape index (κ1) is 20.3.